The molecule has 0 aliphatic rings. The van der Waals surface area contributed by atoms with Gasteiger partial charge in [0, 0.05) is 25.7 Å². The summed E-state index contributed by atoms with van der Waals surface area (Å²) in [5, 5.41) is 9.13. The highest BCUT2D eigenvalue weighted by molar-refractivity contribution is 5.80. The summed E-state index contributed by atoms with van der Waals surface area (Å²) in [4.78, 5) is 15.9. The fraction of sp³-hybridized carbons (Fsp3) is 0.500. The van der Waals surface area contributed by atoms with E-state index in [9.17, 15) is 9.18 Å². The Morgan fingerprint density at radius 3 is 2.50 bits per heavy atom. The van der Waals surface area contributed by atoms with Crippen LogP contribution in [0.25, 0.3) is 0 Å². The van der Waals surface area contributed by atoms with Gasteiger partial charge in [-0.2, -0.15) is 0 Å². The fourth-order valence-electron chi connectivity index (χ4n) is 1.81. The van der Waals surface area contributed by atoms with Gasteiger partial charge in [0.25, 0.3) is 0 Å². The predicted molar refractivity (Wildman–Crippen MR) is 87.4 cm³/mol. The van der Waals surface area contributed by atoms with Crippen LogP contribution in [0.2, 0.25) is 0 Å². The molecule has 122 valence electrons. The largest absolute Gasteiger partial charge is 0.355 e. The van der Waals surface area contributed by atoms with Gasteiger partial charge in [-0.25, -0.2) is 4.39 Å². The van der Waals surface area contributed by atoms with Crippen molar-refractivity contribution in [2.75, 3.05) is 20.1 Å². The van der Waals surface area contributed by atoms with E-state index in [1.165, 1.54) is 12.1 Å². The van der Waals surface area contributed by atoms with Gasteiger partial charge < -0.3 is 16.0 Å². The first-order chi connectivity index (χ1) is 10.3. The van der Waals surface area contributed by atoms with Crippen molar-refractivity contribution in [3.05, 3.63) is 35.6 Å². The molecule has 1 aromatic carbocycles. The Morgan fingerprint density at radius 1 is 1.23 bits per heavy atom. The van der Waals surface area contributed by atoms with Crippen molar-refractivity contribution in [2.45, 2.75) is 32.7 Å². The molecule has 5 nitrogen and oxygen atoms in total. The summed E-state index contributed by atoms with van der Waals surface area (Å²) in [5.74, 6) is 0.224. The molecule has 6 heteroatoms. The van der Waals surface area contributed by atoms with E-state index in [-0.39, 0.29) is 23.7 Å². The number of guanidine groups is 1. The number of benzene rings is 1. The van der Waals surface area contributed by atoms with Crippen LogP contribution < -0.4 is 16.0 Å². The molecule has 0 heterocycles. The highest BCUT2D eigenvalue weighted by Crippen LogP contribution is 2.03. The Labute approximate surface area is 131 Å². The highest BCUT2D eigenvalue weighted by atomic mass is 19.1. The summed E-state index contributed by atoms with van der Waals surface area (Å²) in [5.41, 5.74) is 0.582. The number of nitrogens with zero attached hydrogens (tertiary/aromatic N) is 1. The van der Waals surface area contributed by atoms with Crippen LogP contribution in [0.5, 0.6) is 0 Å². The molecule has 0 aliphatic heterocycles. The maximum absolute atomic E-state index is 13.0. The zero-order valence-electron chi connectivity index (χ0n) is 13.7. The molecule has 0 saturated carbocycles. The zero-order chi connectivity index (χ0) is 16.6. The average molecular weight is 308 g/mol. The Bertz CT molecular complexity index is 523. The lowest BCUT2D eigenvalue weighted by Crippen LogP contribution is -2.49. The van der Waals surface area contributed by atoms with Crippen molar-refractivity contribution in [2.24, 2.45) is 4.99 Å². The van der Waals surface area contributed by atoms with Crippen molar-refractivity contribution in [3.63, 3.8) is 0 Å². The summed E-state index contributed by atoms with van der Waals surface area (Å²) in [6.07, 6.45) is 0.173. The molecule has 0 radical (unpaired) electrons. The third kappa shape index (κ3) is 7.61. The van der Waals surface area contributed by atoms with E-state index in [4.69, 9.17) is 0 Å². The van der Waals surface area contributed by atoms with Crippen molar-refractivity contribution in [3.8, 4) is 0 Å². The molecule has 0 aliphatic carbocycles. The maximum Gasteiger partial charge on any atom is 0.224 e. The van der Waals surface area contributed by atoms with Gasteiger partial charge in [0.05, 0.1) is 6.42 Å². The number of nitrogens with one attached hydrogen (secondary N) is 3. The topological polar surface area (TPSA) is 65.5 Å². The van der Waals surface area contributed by atoms with E-state index >= 15 is 0 Å². The minimum atomic E-state index is -0.330. The minimum Gasteiger partial charge on any atom is -0.355 e. The van der Waals surface area contributed by atoms with E-state index in [1.54, 1.807) is 19.2 Å². The molecule has 0 aromatic heterocycles. The van der Waals surface area contributed by atoms with E-state index in [0.717, 1.165) is 0 Å². The second kappa shape index (κ2) is 8.36. The van der Waals surface area contributed by atoms with Crippen LogP contribution in [0.15, 0.2) is 29.3 Å². The average Bonchev–Trinajstić information content (AvgIpc) is 2.41. The van der Waals surface area contributed by atoms with E-state index in [2.05, 4.69) is 20.9 Å². The predicted octanol–water partition coefficient (Wildman–Crippen LogP) is 1.45. The van der Waals surface area contributed by atoms with E-state index in [0.29, 0.717) is 24.6 Å². The van der Waals surface area contributed by atoms with Crippen LogP contribution in [0.3, 0.4) is 0 Å². The summed E-state index contributed by atoms with van der Waals surface area (Å²) >= 11 is 0. The first-order valence-corrected chi connectivity index (χ1v) is 7.30. The van der Waals surface area contributed by atoms with Gasteiger partial charge in [-0.1, -0.05) is 12.1 Å². The third-order valence-corrected chi connectivity index (χ3v) is 2.71. The minimum absolute atomic E-state index is 0.0809. The van der Waals surface area contributed by atoms with Crippen molar-refractivity contribution in [1.82, 2.24) is 16.0 Å². The number of halogens is 1. The van der Waals surface area contributed by atoms with Crippen molar-refractivity contribution in [1.29, 1.82) is 0 Å². The number of hydrogen-bond acceptors (Lipinski definition) is 2. The third-order valence-electron chi connectivity index (χ3n) is 2.71. The SMILES string of the molecule is CN=C(NCCNC(=O)Cc1cccc(F)c1)NC(C)(C)C. The molecule has 22 heavy (non-hydrogen) atoms. The van der Waals surface area contributed by atoms with Gasteiger partial charge in [0.15, 0.2) is 5.96 Å². The molecule has 0 spiro atoms. The molecular weight excluding hydrogens is 283 g/mol. The van der Waals surface area contributed by atoms with Crippen LogP contribution in [0, 0.1) is 5.82 Å². The Hall–Kier alpha value is -2.11. The number of aliphatic imine (C=N–C) groups is 1. The van der Waals surface area contributed by atoms with Crippen LogP contribution in [-0.2, 0) is 11.2 Å². The molecule has 0 atom stereocenters. The van der Waals surface area contributed by atoms with Crippen LogP contribution in [-0.4, -0.2) is 37.5 Å². The normalized spacial score (nSPS) is 12.0. The van der Waals surface area contributed by atoms with Gasteiger partial charge in [0.1, 0.15) is 5.82 Å². The summed E-state index contributed by atoms with van der Waals surface area (Å²) < 4.78 is 13.0. The van der Waals surface area contributed by atoms with Crippen LogP contribution >= 0.6 is 0 Å². The van der Waals surface area contributed by atoms with E-state index in [1.807, 2.05) is 20.8 Å². The number of amides is 1. The smallest absolute Gasteiger partial charge is 0.224 e. The number of hydrogen-bond donors (Lipinski definition) is 3. The Kier molecular flexibility index (Phi) is 6.82. The molecule has 0 saturated heterocycles. The number of rotatable bonds is 5. The summed E-state index contributed by atoms with van der Waals surface area (Å²) in [6.45, 7) is 7.16. The van der Waals surface area contributed by atoms with Gasteiger partial charge in [-0.3, -0.25) is 9.79 Å². The first kappa shape index (κ1) is 17.9. The lowest BCUT2D eigenvalue weighted by atomic mass is 10.1. The first-order valence-electron chi connectivity index (χ1n) is 7.30. The monoisotopic (exact) mass is 308 g/mol. The zero-order valence-corrected chi connectivity index (χ0v) is 13.7. The molecule has 0 bridgehead atoms. The maximum atomic E-state index is 13.0. The summed E-state index contributed by atoms with van der Waals surface area (Å²) in [7, 11) is 1.70. The highest BCUT2D eigenvalue weighted by Gasteiger charge is 2.11. The standard InChI is InChI=1S/C16H25FN4O/c1-16(2,3)21-15(18-4)20-9-8-19-14(22)11-12-6-5-7-13(17)10-12/h5-7,10H,8-9,11H2,1-4H3,(H,19,22)(H2,18,20,21). The van der Waals surface area contributed by atoms with E-state index < -0.39 is 0 Å². The second-order valence-electron chi connectivity index (χ2n) is 6.03. The fourth-order valence-corrected chi connectivity index (χ4v) is 1.81. The quantitative estimate of drug-likeness (QED) is 0.438. The molecule has 3 N–H and O–H groups in total. The molecule has 0 fully saturated rings. The van der Waals surface area contributed by atoms with Crippen molar-refractivity contribution >= 4 is 11.9 Å². The molecule has 1 aromatic rings. The van der Waals surface area contributed by atoms with Crippen LogP contribution in [0.4, 0.5) is 4.39 Å². The van der Waals surface area contributed by atoms with Gasteiger partial charge in [-0.15, -0.1) is 0 Å². The summed E-state index contributed by atoms with van der Waals surface area (Å²) in [6, 6.07) is 6.06. The Morgan fingerprint density at radius 2 is 1.91 bits per heavy atom. The molecular formula is C16H25FN4O. The Balaban J connectivity index is 2.28. The van der Waals surface area contributed by atoms with Gasteiger partial charge >= 0.3 is 0 Å². The molecule has 0 unspecified atom stereocenters. The molecule has 1 amide bonds. The van der Waals surface area contributed by atoms with Crippen LogP contribution in [0.1, 0.15) is 26.3 Å². The lowest BCUT2D eigenvalue weighted by Gasteiger charge is -2.23. The van der Waals surface area contributed by atoms with Gasteiger partial charge in [0.2, 0.25) is 5.91 Å². The number of carbonyl (C=O) groups excluding carboxylic acids is 1. The van der Waals surface area contributed by atoms with Crippen molar-refractivity contribution < 1.29 is 9.18 Å². The van der Waals surface area contributed by atoms with Gasteiger partial charge in [-0.05, 0) is 38.5 Å². The lowest BCUT2D eigenvalue weighted by molar-refractivity contribution is -0.120. The second-order valence-corrected chi connectivity index (χ2v) is 6.03. The molecule has 1 rings (SSSR count). The number of carbonyl (C=O) groups is 1.